The van der Waals surface area contributed by atoms with Crippen LogP contribution in [0.4, 0.5) is 0 Å². The molecular formula is C34H43N3O8. The number of hydrogen-bond donors (Lipinski definition) is 2. The number of benzene rings is 2. The minimum Gasteiger partial charge on any atom is -0.494 e. The van der Waals surface area contributed by atoms with Gasteiger partial charge in [-0.25, -0.2) is 9.86 Å². The van der Waals surface area contributed by atoms with Gasteiger partial charge in [-0.15, -0.1) is 0 Å². The molecule has 0 aliphatic rings. The van der Waals surface area contributed by atoms with Crippen molar-refractivity contribution in [2.45, 2.75) is 65.5 Å². The van der Waals surface area contributed by atoms with E-state index in [4.69, 9.17) is 18.7 Å². The fraction of sp³-hybridized carbons (Fsp3) is 0.412. The highest BCUT2D eigenvalue weighted by molar-refractivity contribution is 5.93. The first-order chi connectivity index (χ1) is 21.8. The second kappa shape index (κ2) is 18.2. The average molecular weight is 622 g/mol. The second-order valence-electron chi connectivity index (χ2n) is 10.4. The molecule has 1 aromatic heterocycles. The monoisotopic (exact) mass is 621 g/mol. The highest BCUT2D eigenvalue weighted by atomic mass is 16.7. The van der Waals surface area contributed by atoms with Gasteiger partial charge in [0.25, 0.3) is 5.91 Å². The van der Waals surface area contributed by atoms with Crippen molar-refractivity contribution in [2.75, 3.05) is 20.4 Å². The minimum atomic E-state index is -0.545. The van der Waals surface area contributed by atoms with Gasteiger partial charge in [0.05, 0.1) is 37.9 Å². The van der Waals surface area contributed by atoms with Crippen LogP contribution in [0, 0.1) is 5.92 Å². The van der Waals surface area contributed by atoms with Crippen LogP contribution in [-0.4, -0.2) is 55.7 Å². The Bertz CT molecular complexity index is 1390. The van der Waals surface area contributed by atoms with Gasteiger partial charge in [-0.05, 0) is 55.7 Å². The molecule has 2 N–H and O–H groups in total. The average Bonchev–Trinajstić information content (AvgIpc) is 3.56. The van der Waals surface area contributed by atoms with E-state index < -0.39 is 23.8 Å². The van der Waals surface area contributed by atoms with Crippen molar-refractivity contribution >= 4 is 24.2 Å². The first kappa shape index (κ1) is 34.8. The number of amides is 3. The van der Waals surface area contributed by atoms with E-state index in [-0.39, 0.29) is 30.5 Å². The summed E-state index contributed by atoms with van der Waals surface area (Å²) in [6.07, 6.45) is 4.40. The van der Waals surface area contributed by atoms with Crippen molar-refractivity contribution in [1.29, 1.82) is 0 Å². The first-order valence-electron chi connectivity index (χ1n) is 15.3. The lowest BCUT2D eigenvalue weighted by atomic mass is 9.90. The van der Waals surface area contributed by atoms with Crippen LogP contribution in [0.25, 0.3) is 11.3 Å². The summed E-state index contributed by atoms with van der Waals surface area (Å²) in [5, 5.41) is 6.68. The zero-order valence-corrected chi connectivity index (χ0v) is 26.4. The molecule has 2 atom stereocenters. The van der Waals surface area contributed by atoms with Crippen LogP contribution in [0.3, 0.4) is 0 Å². The number of rotatable bonds is 19. The summed E-state index contributed by atoms with van der Waals surface area (Å²) in [6.45, 7) is 6.26. The first-order valence-corrected chi connectivity index (χ1v) is 15.3. The summed E-state index contributed by atoms with van der Waals surface area (Å²) in [4.78, 5) is 56.3. The third kappa shape index (κ3) is 10.2. The number of unbranched alkanes of at least 4 members (excludes halogenated alkanes) is 2. The number of carbonyl (C=O) groups excluding carboxylic acids is 4. The molecule has 0 saturated carbocycles. The summed E-state index contributed by atoms with van der Waals surface area (Å²) in [6, 6.07) is 17.0. The Kier molecular flexibility index (Phi) is 14.1. The molecule has 0 fully saturated rings. The number of nitrogens with one attached hydrogen (secondary N) is 2. The van der Waals surface area contributed by atoms with Crippen LogP contribution in [0.5, 0.6) is 5.75 Å². The van der Waals surface area contributed by atoms with Gasteiger partial charge in [-0.3, -0.25) is 19.2 Å². The van der Waals surface area contributed by atoms with Crippen molar-refractivity contribution < 1.29 is 37.9 Å². The van der Waals surface area contributed by atoms with Gasteiger partial charge in [-0.2, -0.15) is 0 Å². The predicted octanol–water partition coefficient (Wildman–Crippen LogP) is 5.50. The molecule has 11 nitrogen and oxygen atoms in total. The summed E-state index contributed by atoms with van der Waals surface area (Å²) >= 11 is 0. The zero-order chi connectivity index (χ0) is 32.6. The normalized spacial score (nSPS) is 12.1. The van der Waals surface area contributed by atoms with Gasteiger partial charge in [0, 0.05) is 5.56 Å². The van der Waals surface area contributed by atoms with Crippen molar-refractivity contribution in [1.82, 2.24) is 15.7 Å². The van der Waals surface area contributed by atoms with Crippen LogP contribution in [-0.2, 0) is 25.8 Å². The van der Waals surface area contributed by atoms with E-state index in [1.54, 1.807) is 24.3 Å². The molecule has 0 bridgehead atoms. The van der Waals surface area contributed by atoms with Crippen molar-refractivity contribution in [3.05, 3.63) is 77.6 Å². The van der Waals surface area contributed by atoms with Crippen molar-refractivity contribution in [2.24, 2.45) is 5.92 Å². The molecule has 45 heavy (non-hydrogen) atoms. The number of ether oxygens (including phenoxy) is 2. The van der Waals surface area contributed by atoms with E-state index in [9.17, 15) is 19.2 Å². The lowest BCUT2D eigenvalue weighted by Crippen LogP contribution is -2.48. The van der Waals surface area contributed by atoms with E-state index in [1.807, 2.05) is 44.2 Å². The lowest BCUT2D eigenvalue weighted by molar-refractivity contribution is -0.200. The van der Waals surface area contributed by atoms with E-state index in [0.717, 1.165) is 24.8 Å². The number of hydrogen-bond acceptors (Lipinski definition) is 8. The summed E-state index contributed by atoms with van der Waals surface area (Å²) in [5.41, 5.74) is 1.71. The molecule has 3 aromatic rings. The summed E-state index contributed by atoms with van der Waals surface area (Å²) in [5.74, 6) is -1.08. The van der Waals surface area contributed by atoms with E-state index in [0.29, 0.717) is 42.9 Å². The molecule has 3 rings (SSSR count). The van der Waals surface area contributed by atoms with Crippen LogP contribution >= 0.6 is 0 Å². The lowest BCUT2D eigenvalue weighted by Gasteiger charge is -2.32. The quantitative estimate of drug-likeness (QED) is 0.0589. The maximum absolute atomic E-state index is 13.4. The smallest absolute Gasteiger partial charge is 0.338 e. The Hall–Kier alpha value is -4.64. The van der Waals surface area contributed by atoms with E-state index in [2.05, 4.69) is 17.6 Å². The number of methoxy groups -OCH3 is 1. The Morgan fingerprint density at radius 1 is 0.978 bits per heavy atom. The van der Waals surface area contributed by atoms with Gasteiger partial charge >= 0.3 is 5.97 Å². The molecule has 0 saturated heterocycles. The van der Waals surface area contributed by atoms with Gasteiger partial charge < -0.3 is 24.5 Å². The molecule has 3 amide bonds. The van der Waals surface area contributed by atoms with E-state index >= 15 is 0 Å². The predicted molar refractivity (Wildman–Crippen MR) is 168 cm³/mol. The van der Waals surface area contributed by atoms with Gasteiger partial charge in [-0.1, -0.05) is 63.4 Å². The van der Waals surface area contributed by atoms with Crippen molar-refractivity contribution in [3.8, 4) is 17.1 Å². The Morgan fingerprint density at radius 3 is 2.42 bits per heavy atom. The third-order valence-electron chi connectivity index (χ3n) is 7.26. The van der Waals surface area contributed by atoms with Gasteiger partial charge in [0.15, 0.2) is 5.76 Å². The van der Waals surface area contributed by atoms with E-state index in [1.165, 1.54) is 18.2 Å². The number of hydroxylamine groups is 2. The molecule has 2 aromatic carbocycles. The Morgan fingerprint density at radius 2 is 1.76 bits per heavy atom. The highest BCUT2D eigenvalue weighted by Gasteiger charge is 2.32. The molecule has 11 heteroatoms. The topological polar surface area (TPSA) is 136 Å². The molecule has 0 radical (unpaired) electrons. The number of nitrogens with zero attached hydrogens (tertiary/aromatic N) is 1. The number of furan rings is 1. The maximum atomic E-state index is 13.4. The molecular weight excluding hydrogens is 578 g/mol. The Balaban J connectivity index is 1.65. The largest absolute Gasteiger partial charge is 0.494 e. The van der Waals surface area contributed by atoms with Crippen LogP contribution in [0.1, 0.15) is 79.4 Å². The molecule has 1 unspecified atom stereocenters. The molecule has 0 aliphatic carbocycles. The van der Waals surface area contributed by atoms with Crippen LogP contribution < -0.4 is 15.4 Å². The number of esters is 1. The molecule has 1 heterocycles. The molecule has 242 valence electrons. The van der Waals surface area contributed by atoms with Gasteiger partial charge in [0.2, 0.25) is 12.3 Å². The maximum Gasteiger partial charge on any atom is 0.338 e. The third-order valence-corrected chi connectivity index (χ3v) is 7.26. The number of carbonyl (C=O) groups is 4. The minimum absolute atomic E-state index is 0.0213. The van der Waals surface area contributed by atoms with Crippen LogP contribution in [0.15, 0.2) is 65.1 Å². The van der Waals surface area contributed by atoms with Gasteiger partial charge in [0.1, 0.15) is 18.1 Å². The zero-order valence-electron chi connectivity index (χ0n) is 26.4. The van der Waals surface area contributed by atoms with Crippen LogP contribution in [0.2, 0.25) is 0 Å². The molecule has 0 aliphatic heterocycles. The Labute approximate surface area is 264 Å². The fourth-order valence-corrected chi connectivity index (χ4v) is 4.95. The fourth-order valence-electron chi connectivity index (χ4n) is 4.95. The second-order valence-corrected chi connectivity index (χ2v) is 10.4. The standard InChI is InChI=1S/C34H43N3O8/c1-5-8-10-15-28(29(6-2)37(23-38)44-21-24-13-11-9-12-14-24)32(39)35-22-36-33(40)31-17-16-30(45-31)25-18-26(34(41)42-4)20-27(19-25)43-7-3/h9,11-14,16-20,23,28-29H,5-8,10,15,21-22H2,1-4H3,(H,35,39)(H,36,40)/t28?,29-/m1/s1. The van der Waals surface area contributed by atoms with Crippen molar-refractivity contribution in [3.63, 3.8) is 0 Å². The highest BCUT2D eigenvalue weighted by Crippen LogP contribution is 2.28. The summed E-state index contributed by atoms with van der Waals surface area (Å²) < 4.78 is 16.2. The molecule has 0 spiro atoms. The SMILES string of the molecule is CCCCCC(C(=O)NCNC(=O)c1ccc(-c2cc(OCC)cc(C(=O)OC)c2)o1)[C@@H](CC)N(C=O)OCc1ccccc1. The summed E-state index contributed by atoms with van der Waals surface area (Å²) in [7, 11) is 1.29.